The van der Waals surface area contributed by atoms with Crippen LogP contribution in [-0.4, -0.2) is 0 Å². The number of rotatable bonds is 6. The quantitative estimate of drug-likeness (QED) is 0.179. The van der Waals surface area contributed by atoms with Gasteiger partial charge in [-0.05, 0) is 100 Å². The second-order valence-electron chi connectivity index (χ2n) is 13.0. The molecule has 51 heavy (non-hydrogen) atoms. The molecule has 10 aromatic rings. The van der Waals surface area contributed by atoms with E-state index in [1.54, 1.807) is 0 Å². The smallest absolute Gasteiger partial charge is 0.137 e. The highest BCUT2D eigenvalue weighted by molar-refractivity contribution is 6.07. The number of benzene rings is 8. The molecule has 3 nitrogen and oxygen atoms in total. The lowest BCUT2D eigenvalue weighted by Gasteiger charge is -2.27. The minimum atomic E-state index is 0.860. The van der Waals surface area contributed by atoms with Gasteiger partial charge in [0.15, 0.2) is 0 Å². The van der Waals surface area contributed by atoms with E-state index in [2.05, 4.69) is 169 Å². The van der Waals surface area contributed by atoms with E-state index in [9.17, 15) is 0 Å². The second kappa shape index (κ2) is 11.9. The first kappa shape index (κ1) is 29.1. The number of anilines is 3. The zero-order chi connectivity index (χ0) is 33.7. The number of para-hydroxylation sites is 2. The molecule has 0 atom stereocenters. The van der Waals surface area contributed by atoms with Crippen LogP contribution in [0.4, 0.5) is 17.1 Å². The highest BCUT2D eigenvalue weighted by atomic mass is 16.3. The van der Waals surface area contributed by atoms with Gasteiger partial charge < -0.3 is 13.7 Å². The molecule has 0 amide bonds. The lowest BCUT2D eigenvalue weighted by Crippen LogP contribution is -2.10. The van der Waals surface area contributed by atoms with Crippen molar-refractivity contribution in [2.75, 3.05) is 4.90 Å². The van der Waals surface area contributed by atoms with Crippen molar-refractivity contribution in [3.8, 4) is 33.4 Å². The van der Waals surface area contributed by atoms with E-state index in [1.807, 2.05) is 24.3 Å². The molecule has 0 saturated heterocycles. The standard InChI is InChI=1S/C48H31NO2/c1-3-11-32(12-4-1)36-27-37(33-13-5-2-6-14-33)29-40(28-36)49(39-24-25-43-41-15-7-9-17-45(41)51-48(43)31-39)38-22-19-34(20-23-38)35-21-26-47-44(30-35)42-16-8-10-18-46(42)50-47/h1-31H. The molecule has 2 aromatic heterocycles. The summed E-state index contributed by atoms with van der Waals surface area (Å²) in [5.74, 6) is 0. The molecule has 240 valence electrons. The molecule has 0 unspecified atom stereocenters. The summed E-state index contributed by atoms with van der Waals surface area (Å²) in [6, 6.07) is 66.4. The number of hydrogen-bond acceptors (Lipinski definition) is 3. The molecule has 0 aliphatic heterocycles. The van der Waals surface area contributed by atoms with Gasteiger partial charge in [0.2, 0.25) is 0 Å². The molecular weight excluding hydrogens is 623 g/mol. The molecule has 0 spiro atoms. The Balaban J connectivity index is 1.15. The summed E-state index contributed by atoms with van der Waals surface area (Å²) in [5, 5.41) is 4.48. The van der Waals surface area contributed by atoms with Crippen LogP contribution in [0.15, 0.2) is 197 Å². The number of fused-ring (bicyclic) bond motifs is 6. The van der Waals surface area contributed by atoms with Gasteiger partial charge in [0.05, 0.1) is 0 Å². The lowest BCUT2D eigenvalue weighted by atomic mass is 9.97. The molecule has 3 heteroatoms. The third kappa shape index (κ3) is 5.15. The van der Waals surface area contributed by atoms with E-state index in [-0.39, 0.29) is 0 Å². The molecule has 0 radical (unpaired) electrons. The van der Waals surface area contributed by atoms with Gasteiger partial charge in [0.25, 0.3) is 0 Å². The van der Waals surface area contributed by atoms with Crippen molar-refractivity contribution in [1.82, 2.24) is 0 Å². The van der Waals surface area contributed by atoms with Gasteiger partial charge in [-0.1, -0.05) is 115 Å². The number of hydrogen-bond donors (Lipinski definition) is 0. The third-order valence-corrected chi connectivity index (χ3v) is 9.85. The molecule has 10 rings (SSSR count). The minimum absolute atomic E-state index is 0.860. The van der Waals surface area contributed by atoms with Crippen LogP contribution >= 0.6 is 0 Å². The second-order valence-corrected chi connectivity index (χ2v) is 13.0. The van der Waals surface area contributed by atoms with Crippen LogP contribution in [0.25, 0.3) is 77.3 Å². The Labute approximate surface area is 295 Å². The lowest BCUT2D eigenvalue weighted by molar-refractivity contribution is 0.668. The molecule has 0 bridgehead atoms. The normalized spacial score (nSPS) is 11.5. The summed E-state index contributed by atoms with van der Waals surface area (Å²) < 4.78 is 12.5. The maximum Gasteiger partial charge on any atom is 0.137 e. The van der Waals surface area contributed by atoms with Crippen molar-refractivity contribution >= 4 is 60.9 Å². The molecule has 0 N–H and O–H groups in total. The average Bonchev–Trinajstić information content (AvgIpc) is 3.76. The third-order valence-electron chi connectivity index (χ3n) is 9.85. The molecule has 8 aromatic carbocycles. The van der Waals surface area contributed by atoms with E-state index in [4.69, 9.17) is 8.83 Å². The monoisotopic (exact) mass is 653 g/mol. The van der Waals surface area contributed by atoms with Gasteiger partial charge in [0.1, 0.15) is 22.3 Å². The maximum absolute atomic E-state index is 6.40. The molecule has 0 aliphatic rings. The number of nitrogens with zero attached hydrogens (tertiary/aromatic N) is 1. The van der Waals surface area contributed by atoms with E-state index in [0.29, 0.717) is 0 Å². The summed E-state index contributed by atoms with van der Waals surface area (Å²) in [6.07, 6.45) is 0. The van der Waals surface area contributed by atoms with Gasteiger partial charge in [-0.2, -0.15) is 0 Å². The van der Waals surface area contributed by atoms with Gasteiger partial charge in [-0.15, -0.1) is 0 Å². The largest absolute Gasteiger partial charge is 0.456 e. The van der Waals surface area contributed by atoms with Crippen LogP contribution in [0, 0.1) is 0 Å². The first-order chi connectivity index (χ1) is 25.2. The van der Waals surface area contributed by atoms with E-state index < -0.39 is 0 Å². The fraction of sp³-hybridized carbons (Fsp3) is 0. The first-order valence-electron chi connectivity index (χ1n) is 17.2. The van der Waals surface area contributed by atoms with E-state index >= 15 is 0 Å². The van der Waals surface area contributed by atoms with Crippen molar-refractivity contribution < 1.29 is 8.83 Å². The summed E-state index contributed by atoms with van der Waals surface area (Å²) >= 11 is 0. The van der Waals surface area contributed by atoms with Crippen LogP contribution in [-0.2, 0) is 0 Å². The highest BCUT2D eigenvalue weighted by Crippen LogP contribution is 2.42. The average molecular weight is 654 g/mol. The van der Waals surface area contributed by atoms with Crippen LogP contribution < -0.4 is 4.90 Å². The van der Waals surface area contributed by atoms with E-state index in [1.165, 1.54) is 11.1 Å². The summed E-state index contributed by atoms with van der Waals surface area (Å²) in [6.45, 7) is 0. The molecule has 0 fully saturated rings. The van der Waals surface area contributed by atoms with Crippen molar-refractivity contribution in [3.63, 3.8) is 0 Å². The fourth-order valence-corrected chi connectivity index (χ4v) is 7.34. The molecule has 2 heterocycles. The molecule has 0 saturated carbocycles. The number of furan rings is 2. The molecular formula is C48H31NO2. The fourth-order valence-electron chi connectivity index (χ4n) is 7.34. The predicted octanol–water partition coefficient (Wildman–Crippen LogP) is 14.0. The van der Waals surface area contributed by atoms with Gasteiger partial charge in [-0.3, -0.25) is 0 Å². The summed E-state index contributed by atoms with van der Waals surface area (Å²) in [7, 11) is 0. The highest BCUT2D eigenvalue weighted by Gasteiger charge is 2.18. The zero-order valence-electron chi connectivity index (χ0n) is 27.7. The first-order valence-corrected chi connectivity index (χ1v) is 17.2. The minimum Gasteiger partial charge on any atom is -0.456 e. The van der Waals surface area contributed by atoms with Gasteiger partial charge in [0, 0.05) is 44.7 Å². The summed E-state index contributed by atoms with van der Waals surface area (Å²) in [5.41, 5.74) is 13.6. The Kier molecular flexibility index (Phi) is 6.81. The summed E-state index contributed by atoms with van der Waals surface area (Å²) in [4.78, 5) is 2.34. The SMILES string of the molecule is c1ccc(-c2cc(-c3ccccc3)cc(N(c3ccc(-c4ccc5oc6ccccc6c5c4)cc3)c3ccc4c(c3)oc3ccccc34)c2)cc1. The topological polar surface area (TPSA) is 29.5 Å². The Morgan fingerprint density at radius 2 is 0.745 bits per heavy atom. The van der Waals surface area contributed by atoms with Crippen molar-refractivity contribution in [2.45, 2.75) is 0 Å². The maximum atomic E-state index is 6.40. The molecule has 0 aliphatic carbocycles. The van der Waals surface area contributed by atoms with Crippen LogP contribution in [0.5, 0.6) is 0 Å². The van der Waals surface area contributed by atoms with Gasteiger partial charge in [-0.25, -0.2) is 0 Å². The van der Waals surface area contributed by atoms with E-state index in [0.717, 1.165) is 83.2 Å². The Hall–Kier alpha value is -6.84. The Bertz CT molecular complexity index is 2790. The van der Waals surface area contributed by atoms with Crippen molar-refractivity contribution in [2.24, 2.45) is 0 Å². The van der Waals surface area contributed by atoms with Crippen molar-refractivity contribution in [3.05, 3.63) is 188 Å². The van der Waals surface area contributed by atoms with Crippen LogP contribution in [0.3, 0.4) is 0 Å². The van der Waals surface area contributed by atoms with Crippen LogP contribution in [0.2, 0.25) is 0 Å². The predicted molar refractivity (Wildman–Crippen MR) is 212 cm³/mol. The Morgan fingerprint density at radius 3 is 1.41 bits per heavy atom. The van der Waals surface area contributed by atoms with Crippen molar-refractivity contribution in [1.29, 1.82) is 0 Å². The van der Waals surface area contributed by atoms with Crippen LogP contribution in [0.1, 0.15) is 0 Å². The van der Waals surface area contributed by atoms with Gasteiger partial charge >= 0.3 is 0 Å². The zero-order valence-corrected chi connectivity index (χ0v) is 27.7. The Morgan fingerprint density at radius 1 is 0.255 bits per heavy atom.